The molecule has 1 aromatic heterocycles. The predicted octanol–water partition coefficient (Wildman–Crippen LogP) is 3.36. The molecule has 0 atom stereocenters. The fourth-order valence-corrected chi connectivity index (χ4v) is 2.78. The van der Waals surface area contributed by atoms with Crippen LogP contribution in [0.25, 0.3) is 5.69 Å². The van der Waals surface area contributed by atoms with Crippen LogP contribution in [0.3, 0.4) is 0 Å². The minimum absolute atomic E-state index is 0.130. The first kappa shape index (κ1) is 16.9. The Labute approximate surface area is 147 Å². The number of rotatable bonds is 6. The van der Waals surface area contributed by atoms with E-state index in [2.05, 4.69) is 27.8 Å². The molecule has 0 radical (unpaired) electrons. The van der Waals surface area contributed by atoms with Gasteiger partial charge in [-0.1, -0.05) is 67.6 Å². The Kier molecular flexibility index (Phi) is 5.23. The summed E-state index contributed by atoms with van der Waals surface area (Å²) in [6, 6.07) is 19.8. The molecule has 0 saturated carbocycles. The Morgan fingerprint density at radius 1 is 1.04 bits per heavy atom. The summed E-state index contributed by atoms with van der Waals surface area (Å²) in [4.78, 5) is 12.6. The Morgan fingerprint density at radius 2 is 1.68 bits per heavy atom. The van der Waals surface area contributed by atoms with Crippen molar-refractivity contribution in [2.45, 2.75) is 26.2 Å². The molecule has 0 aliphatic carbocycles. The van der Waals surface area contributed by atoms with Gasteiger partial charge < -0.3 is 5.32 Å². The summed E-state index contributed by atoms with van der Waals surface area (Å²) in [5.41, 5.74) is 3.32. The minimum Gasteiger partial charge on any atom is -0.350 e. The fourth-order valence-electron chi connectivity index (χ4n) is 2.78. The van der Waals surface area contributed by atoms with Crippen molar-refractivity contribution in [2.75, 3.05) is 6.54 Å². The average molecular weight is 334 g/mol. The van der Waals surface area contributed by atoms with Crippen molar-refractivity contribution in [3.8, 4) is 5.69 Å². The van der Waals surface area contributed by atoms with Crippen LogP contribution in [0.4, 0.5) is 0 Å². The van der Waals surface area contributed by atoms with Crippen molar-refractivity contribution in [2.24, 2.45) is 0 Å². The molecule has 0 unspecified atom stereocenters. The Balaban J connectivity index is 1.75. The molecule has 5 heteroatoms. The lowest BCUT2D eigenvalue weighted by molar-refractivity contribution is 0.0947. The van der Waals surface area contributed by atoms with Gasteiger partial charge in [0.05, 0.1) is 11.4 Å². The van der Waals surface area contributed by atoms with Crippen molar-refractivity contribution in [3.05, 3.63) is 77.6 Å². The molecule has 0 aliphatic heterocycles. The molecule has 0 aliphatic rings. The highest BCUT2D eigenvalue weighted by atomic mass is 16.2. The highest BCUT2D eigenvalue weighted by Gasteiger charge is 2.22. The van der Waals surface area contributed by atoms with Crippen LogP contribution in [0.15, 0.2) is 60.7 Å². The summed E-state index contributed by atoms with van der Waals surface area (Å²) in [5, 5.41) is 11.3. The fraction of sp³-hybridized carbons (Fsp3) is 0.250. The first-order valence-electron chi connectivity index (χ1n) is 8.50. The molecular formula is C20H22N4O. The van der Waals surface area contributed by atoms with Crippen molar-refractivity contribution < 1.29 is 4.79 Å². The van der Waals surface area contributed by atoms with Gasteiger partial charge in [0.15, 0.2) is 5.69 Å². The standard InChI is InChI=1S/C20H22N4O/c1-15(2)19-18(22-23-24(19)17-11-7-4-8-12-17)20(25)21-14-13-16-9-5-3-6-10-16/h3-12,15H,13-14H2,1-2H3,(H,21,25). The van der Waals surface area contributed by atoms with Crippen LogP contribution in [0, 0.1) is 0 Å². The maximum absolute atomic E-state index is 12.6. The van der Waals surface area contributed by atoms with Gasteiger partial charge in [0.2, 0.25) is 0 Å². The molecule has 25 heavy (non-hydrogen) atoms. The molecule has 0 saturated heterocycles. The molecule has 1 amide bonds. The van der Waals surface area contributed by atoms with Crippen molar-refractivity contribution in [3.63, 3.8) is 0 Å². The predicted molar refractivity (Wildman–Crippen MR) is 97.9 cm³/mol. The lowest BCUT2D eigenvalue weighted by Gasteiger charge is -2.11. The normalized spacial score (nSPS) is 10.8. The SMILES string of the molecule is CC(C)c1c(C(=O)NCCc2ccccc2)nnn1-c1ccccc1. The first-order valence-corrected chi connectivity index (χ1v) is 8.50. The van der Waals surface area contributed by atoms with Crippen LogP contribution >= 0.6 is 0 Å². The average Bonchev–Trinajstić information content (AvgIpc) is 3.09. The summed E-state index contributed by atoms with van der Waals surface area (Å²) in [6.45, 7) is 4.65. The third-order valence-electron chi connectivity index (χ3n) is 4.01. The zero-order chi connectivity index (χ0) is 17.6. The third kappa shape index (κ3) is 3.94. The molecule has 3 rings (SSSR count). The molecule has 0 fully saturated rings. The molecule has 5 nitrogen and oxygen atoms in total. The number of carbonyl (C=O) groups excluding carboxylic acids is 1. The molecule has 0 spiro atoms. The number of benzene rings is 2. The van der Waals surface area contributed by atoms with E-state index < -0.39 is 0 Å². The van der Waals surface area contributed by atoms with Crippen LogP contribution in [-0.2, 0) is 6.42 Å². The highest BCUT2D eigenvalue weighted by molar-refractivity contribution is 5.93. The number of aromatic nitrogens is 3. The molecule has 128 valence electrons. The second kappa shape index (κ2) is 7.75. The van der Waals surface area contributed by atoms with E-state index in [9.17, 15) is 4.79 Å². The van der Waals surface area contributed by atoms with Crippen LogP contribution in [0.5, 0.6) is 0 Å². The van der Waals surface area contributed by atoms with E-state index in [0.717, 1.165) is 17.8 Å². The maximum Gasteiger partial charge on any atom is 0.273 e. The largest absolute Gasteiger partial charge is 0.350 e. The van der Waals surface area contributed by atoms with Crippen LogP contribution < -0.4 is 5.32 Å². The van der Waals surface area contributed by atoms with Crippen molar-refractivity contribution in [1.29, 1.82) is 0 Å². The molecule has 2 aromatic carbocycles. The van der Waals surface area contributed by atoms with Crippen LogP contribution in [-0.4, -0.2) is 27.4 Å². The van der Waals surface area contributed by atoms with E-state index in [0.29, 0.717) is 12.2 Å². The summed E-state index contributed by atoms with van der Waals surface area (Å²) in [6.07, 6.45) is 0.788. The third-order valence-corrected chi connectivity index (χ3v) is 4.01. The Hall–Kier alpha value is -2.95. The van der Waals surface area contributed by atoms with Crippen molar-refractivity contribution >= 4 is 5.91 Å². The Morgan fingerprint density at radius 3 is 2.32 bits per heavy atom. The molecule has 1 heterocycles. The first-order chi connectivity index (χ1) is 12.2. The maximum atomic E-state index is 12.6. The van der Waals surface area contributed by atoms with Crippen LogP contribution in [0.1, 0.15) is 41.5 Å². The number of amides is 1. The molecule has 1 N–H and O–H groups in total. The van der Waals surface area contributed by atoms with Gasteiger partial charge in [0, 0.05) is 6.54 Å². The van der Waals surface area contributed by atoms with E-state index in [4.69, 9.17) is 0 Å². The van der Waals surface area contributed by atoms with Gasteiger partial charge in [-0.3, -0.25) is 4.79 Å². The number of carbonyl (C=O) groups is 1. The van der Waals surface area contributed by atoms with E-state index in [1.165, 1.54) is 5.56 Å². The molecule has 3 aromatic rings. The number of hydrogen-bond donors (Lipinski definition) is 1. The summed E-state index contributed by atoms with van der Waals surface area (Å²) >= 11 is 0. The van der Waals surface area contributed by atoms with E-state index >= 15 is 0 Å². The summed E-state index contributed by atoms with van der Waals surface area (Å²) in [7, 11) is 0. The second-order valence-corrected chi connectivity index (χ2v) is 6.22. The van der Waals surface area contributed by atoms with E-state index in [1.807, 2.05) is 62.4 Å². The Bertz CT molecular complexity index is 825. The van der Waals surface area contributed by atoms with Gasteiger partial charge in [-0.25, -0.2) is 4.68 Å². The van der Waals surface area contributed by atoms with E-state index in [1.54, 1.807) is 4.68 Å². The van der Waals surface area contributed by atoms with E-state index in [-0.39, 0.29) is 11.8 Å². The lowest BCUT2D eigenvalue weighted by Crippen LogP contribution is -2.27. The quantitative estimate of drug-likeness (QED) is 0.752. The number of para-hydroxylation sites is 1. The van der Waals surface area contributed by atoms with Gasteiger partial charge in [-0.15, -0.1) is 5.10 Å². The smallest absolute Gasteiger partial charge is 0.273 e. The van der Waals surface area contributed by atoms with Gasteiger partial charge in [-0.2, -0.15) is 0 Å². The lowest BCUT2D eigenvalue weighted by atomic mass is 10.1. The summed E-state index contributed by atoms with van der Waals surface area (Å²) < 4.78 is 1.75. The highest BCUT2D eigenvalue weighted by Crippen LogP contribution is 2.21. The van der Waals surface area contributed by atoms with Gasteiger partial charge in [0.1, 0.15) is 0 Å². The molecular weight excluding hydrogens is 312 g/mol. The summed E-state index contributed by atoms with van der Waals surface area (Å²) in [5.74, 6) is -0.0492. The van der Waals surface area contributed by atoms with Gasteiger partial charge in [-0.05, 0) is 30.0 Å². The topological polar surface area (TPSA) is 59.8 Å². The zero-order valence-corrected chi connectivity index (χ0v) is 14.5. The van der Waals surface area contributed by atoms with Gasteiger partial charge in [0.25, 0.3) is 5.91 Å². The molecule has 0 bridgehead atoms. The zero-order valence-electron chi connectivity index (χ0n) is 14.5. The number of hydrogen-bond acceptors (Lipinski definition) is 3. The van der Waals surface area contributed by atoms with Gasteiger partial charge >= 0.3 is 0 Å². The van der Waals surface area contributed by atoms with Crippen molar-refractivity contribution in [1.82, 2.24) is 20.3 Å². The van der Waals surface area contributed by atoms with Crippen LogP contribution in [0.2, 0.25) is 0 Å². The number of nitrogens with zero attached hydrogens (tertiary/aromatic N) is 3. The minimum atomic E-state index is -0.179. The monoisotopic (exact) mass is 334 g/mol. The number of nitrogens with one attached hydrogen (secondary N) is 1. The second-order valence-electron chi connectivity index (χ2n) is 6.22.